The Morgan fingerprint density at radius 3 is 2.43 bits per heavy atom. The highest BCUT2D eigenvalue weighted by molar-refractivity contribution is 5.62. The first kappa shape index (κ1) is 18.6. The van der Waals surface area contributed by atoms with Crippen molar-refractivity contribution in [3.05, 3.63) is 65.7 Å². The number of nitrogens with zero attached hydrogens (tertiary/aromatic N) is 2. The molecular weight excluding hydrogens is 367 g/mol. The van der Waals surface area contributed by atoms with Crippen LogP contribution in [0.25, 0.3) is 11.3 Å². The van der Waals surface area contributed by atoms with Crippen LogP contribution in [-0.4, -0.2) is 9.78 Å². The van der Waals surface area contributed by atoms with Gasteiger partial charge in [0.1, 0.15) is 5.75 Å². The van der Waals surface area contributed by atoms with E-state index < -0.39 is 11.7 Å². The van der Waals surface area contributed by atoms with Crippen LogP contribution in [0.2, 0.25) is 0 Å². The molecular formula is C21H20F3N3O. The maximum atomic E-state index is 12.7. The summed E-state index contributed by atoms with van der Waals surface area (Å²) in [6.07, 6.45) is -2.42. The highest BCUT2D eigenvalue weighted by Crippen LogP contribution is 2.43. The van der Waals surface area contributed by atoms with E-state index in [1.165, 1.54) is 12.1 Å². The van der Waals surface area contributed by atoms with Crippen LogP contribution in [0.15, 0.2) is 54.6 Å². The first-order chi connectivity index (χ1) is 13.3. The summed E-state index contributed by atoms with van der Waals surface area (Å²) < 4.78 is 45.6. The van der Waals surface area contributed by atoms with Crippen LogP contribution in [0, 0.1) is 0 Å². The second-order valence-corrected chi connectivity index (χ2v) is 7.04. The highest BCUT2D eigenvalue weighted by atomic mass is 19.4. The van der Waals surface area contributed by atoms with Gasteiger partial charge in [-0.1, -0.05) is 18.2 Å². The van der Waals surface area contributed by atoms with Crippen LogP contribution in [-0.2, 0) is 18.3 Å². The second-order valence-electron chi connectivity index (χ2n) is 7.04. The molecule has 0 amide bonds. The topological polar surface area (TPSA) is 53.1 Å². The Hall–Kier alpha value is -2.80. The fourth-order valence-corrected chi connectivity index (χ4v) is 3.09. The Morgan fingerprint density at radius 2 is 1.82 bits per heavy atom. The second kappa shape index (κ2) is 6.67. The Bertz CT molecular complexity index is 989. The third-order valence-corrected chi connectivity index (χ3v) is 4.97. The standard InChI is InChI=1S/C21H20F3N3O/c1-2-27-19(28-17-8-6-15(7-9-17)21(22,23)24)13-18(26-27)14-4-3-5-16(12-14)20(25)10-11-20/h3-9,12-13H,2,10-11,25H2,1H3. The third-order valence-electron chi connectivity index (χ3n) is 4.97. The van der Waals surface area contributed by atoms with E-state index in [0.29, 0.717) is 18.2 Å². The molecule has 146 valence electrons. The maximum Gasteiger partial charge on any atom is 0.416 e. The molecule has 0 spiro atoms. The van der Waals surface area contributed by atoms with Crippen molar-refractivity contribution in [1.29, 1.82) is 0 Å². The molecule has 4 nitrogen and oxygen atoms in total. The van der Waals surface area contributed by atoms with E-state index in [4.69, 9.17) is 10.5 Å². The Morgan fingerprint density at radius 1 is 1.11 bits per heavy atom. The van der Waals surface area contributed by atoms with Crippen molar-refractivity contribution in [2.75, 3.05) is 0 Å². The zero-order chi connectivity index (χ0) is 19.9. The van der Waals surface area contributed by atoms with Crippen LogP contribution in [0.4, 0.5) is 13.2 Å². The fraction of sp³-hybridized carbons (Fsp3) is 0.286. The molecule has 1 heterocycles. The maximum absolute atomic E-state index is 12.7. The van der Waals surface area contributed by atoms with Crippen molar-refractivity contribution in [2.45, 2.75) is 38.0 Å². The SMILES string of the molecule is CCn1nc(-c2cccc(C3(N)CC3)c2)cc1Oc1ccc(C(F)(F)F)cc1. The van der Waals surface area contributed by atoms with E-state index in [0.717, 1.165) is 41.8 Å². The molecule has 2 N–H and O–H groups in total. The van der Waals surface area contributed by atoms with E-state index in [1.807, 2.05) is 31.2 Å². The van der Waals surface area contributed by atoms with Crippen molar-refractivity contribution >= 4 is 0 Å². The van der Waals surface area contributed by atoms with Gasteiger partial charge in [0.05, 0.1) is 11.3 Å². The van der Waals surface area contributed by atoms with Gasteiger partial charge in [-0.05, 0) is 55.7 Å². The monoisotopic (exact) mass is 387 g/mol. The summed E-state index contributed by atoms with van der Waals surface area (Å²) in [5, 5.41) is 4.57. The largest absolute Gasteiger partial charge is 0.439 e. The van der Waals surface area contributed by atoms with E-state index >= 15 is 0 Å². The number of rotatable bonds is 5. The van der Waals surface area contributed by atoms with E-state index in [1.54, 1.807) is 10.7 Å². The van der Waals surface area contributed by atoms with Crippen molar-refractivity contribution < 1.29 is 17.9 Å². The van der Waals surface area contributed by atoms with Gasteiger partial charge in [0.25, 0.3) is 0 Å². The summed E-state index contributed by atoms with van der Waals surface area (Å²) in [6, 6.07) is 14.4. The van der Waals surface area contributed by atoms with Crippen LogP contribution >= 0.6 is 0 Å². The molecule has 0 bridgehead atoms. The first-order valence-corrected chi connectivity index (χ1v) is 9.11. The lowest BCUT2D eigenvalue weighted by Gasteiger charge is -2.09. The first-order valence-electron chi connectivity index (χ1n) is 9.11. The molecule has 7 heteroatoms. The number of nitrogens with two attached hydrogens (primary N) is 1. The Balaban J connectivity index is 1.60. The smallest absolute Gasteiger partial charge is 0.416 e. The van der Waals surface area contributed by atoms with Crippen molar-refractivity contribution in [3.63, 3.8) is 0 Å². The number of hydrogen-bond donors (Lipinski definition) is 1. The molecule has 0 aliphatic heterocycles. The van der Waals surface area contributed by atoms with Gasteiger partial charge in [0.15, 0.2) is 0 Å². The van der Waals surface area contributed by atoms with Crippen LogP contribution < -0.4 is 10.5 Å². The van der Waals surface area contributed by atoms with Gasteiger partial charge in [0, 0.05) is 23.7 Å². The summed E-state index contributed by atoms with van der Waals surface area (Å²) >= 11 is 0. The number of aryl methyl sites for hydroxylation is 1. The van der Waals surface area contributed by atoms with Gasteiger partial charge < -0.3 is 10.5 Å². The minimum atomic E-state index is -4.37. The lowest BCUT2D eigenvalue weighted by molar-refractivity contribution is -0.137. The van der Waals surface area contributed by atoms with Crippen LogP contribution in [0.5, 0.6) is 11.6 Å². The average molecular weight is 387 g/mol. The predicted octanol–water partition coefficient (Wildman–Crippen LogP) is 5.33. The highest BCUT2D eigenvalue weighted by Gasteiger charge is 2.40. The number of aromatic nitrogens is 2. The van der Waals surface area contributed by atoms with Gasteiger partial charge in [-0.25, -0.2) is 4.68 Å². The Labute approximate surface area is 160 Å². The number of ether oxygens (including phenoxy) is 1. The normalized spacial score (nSPS) is 15.5. The molecule has 0 atom stereocenters. The summed E-state index contributed by atoms with van der Waals surface area (Å²) in [6.45, 7) is 2.49. The van der Waals surface area contributed by atoms with Gasteiger partial charge in [-0.15, -0.1) is 0 Å². The third kappa shape index (κ3) is 3.62. The van der Waals surface area contributed by atoms with Gasteiger partial charge in [0.2, 0.25) is 5.88 Å². The van der Waals surface area contributed by atoms with Crippen molar-refractivity contribution in [1.82, 2.24) is 9.78 Å². The van der Waals surface area contributed by atoms with E-state index in [-0.39, 0.29) is 5.54 Å². The fourth-order valence-electron chi connectivity index (χ4n) is 3.09. The quantitative estimate of drug-likeness (QED) is 0.644. The Kier molecular flexibility index (Phi) is 4.42. The molecule has 2 aromatic carbocycles. The van der Waals surface area contributed by atoms with Crippen LogP contribution in [0.3, 0.4) is 0 Å². The molecule has 0 radical (unpaired) electrons. The zero-order valence-electron chi connectivity index (χ0n) is 15.3. The number of alkyl halides is 3. The van der Waals surface area contributed by atoms with Crippen LogP contribution in [0.1, 0.15) is 30.9 Å². The number of hydrogen-bond acceptors (Lipinski definition) is 3. The lowest BCUT2D eigenvalue weighted by Crippen LogP contribution is -2.18. The minimum Gasteiger partial charge on any atom is -0.439 e. The summed E-state index contributed by atoms with van der Waals surface area (Å²) in [4.78, 5) is 0. The van der Waals surface area contributed by atoms with Crippen molar-refractivity contribution in [2.24, 2.45) is 5.73 Å². The molecule has 28 heavy (non-hydrogen) atoms. The minimum absolute atomic E-state index is 0.233. The lowest BCUT2D eigenvalue weighted by atomic mass is 10.0. The summed E-state index contributed by atoms with van der Waals surface area (Å²) in [5.74, 6) is 0.790. The van der Waals surface area contributed by atoms with Gasteiger partial charge >= 0.3 is 6.18 Å². The molecule has 4 rings (SSSR count). The zero-order valence-corrected chi connectivity index (χ0v) is 15.3. The van der Waals surface area contributed by atoms with Crippen molar-refractivity contribution in [3.8, 4) is 22.9 Å². The predicted molar refractivity (Wildman–Crippen MR) is 100.0 cm³/mol. The number of benzene rings is 2. The summed E-state index contributed by atoms with van der Waals surface area (Å²) in [5.41, 5.74) is 8.09. The number of halogens is 3. The molecule has 1 aliphatic rings. The molecule has 0 unspecified atom stereocenters. The van der Waals surface area contributed by atoms with E-state index in [2.05, 4.69) is 5.10 Å². The van der Waals surface area contributed by atoms with Gasteiger partial charge in [-0.2, -0.15) is 18.3 Å². The average Bonchev–Trinajstić information content (AvgIpc) is 3.30. The summed E-state index contributed by atoms with van der Waals surface area (Å²) in [7, 11) is 0. The molecule has 1 saturated carbocycles. The van der Waals surface area contributed by atoms with Gasteiger partial charge in [-0.3, -0.25) is 0 Å². The molecule has 3 aromatic rings. The molecule has 1 aliphatic carbocycles. The molecule has 1 fully saturated rings. The molecule has 1 aromatic heterocycles. The molecule has 0 saturated heterocycles. The van der Waals surface area contributed by atoms with E-state index in [9.17, 15) is 13.2 Å².